The summed E-state index contributed by atoms with van der Waals surface area (Å²) in [6.07, 6.45) is 0. The molecule has 0 fully saturated rings. The lowest BCUT2D eigenvalue weighted by atomic mass is 9.80. The Balaban J connectivity index is 2.30. The van der Waals surface area contributed by atoms with E-state index >= 15 is 0 Å². The molecule has 0 aliphatic carbocycles. The van der Waals surface area contributed by atoms with Gasteiger partial charge in [-0.3, -0.25) is 10.1 Å². The summed E-state index contributed by atoms with van der Waals surface area (Å²) in [6, 6.07) is 15.5. The molecule has 21 heavy (non-hydrogen) atoms. The number of nitrogens with two attached hydrogens (primary N) is 1. The third-order valence-corrected chi connectivity index (χ3v) is 3.82. The summed E-state index contributed by atoms with van der Waals surface area (Å²) in [4.78, 5) is 17.1. The molecule has 3 N–H and O–H groups in total. The van der Waals surface area contributed by atoms with Gasteiger partial charge in [-0.1, -0.05) is 54.1 Å². The lowest BCUT2D eigenvalue weighted by Crippen LogP contribution is -2.40. The van der Waals surface area contributed by atoms with E-state index in [1.165, 1.54) is 0 Å². The van der Waals surface area contributed by atoms with Crippen LogP contribution in [0.3, 0.4) is 0 Å². The zero-order valence-electron chi connectivity index (χ0n) is 12.1. The highest BCUT2D eigenvalue weighted by atomic mass is 16.2. The Morgan fingerprint density at radius 2 is 1.81 bits per heavy atom. The van der Waals surface area contributed by atoms with Crippen LogP contribution in [0.1, 0.15) is 22.3 Å². The number of benzene rings is 2. The third-order valence-electron chi connectivity index (χ3n) is 3.82. The van der Waals surface area contributed by atoms with Crippen molar-refractivity contribution in [2.45, 2.75) is 19.4 Å². The molecule has 1 aliphatic rings. The van der Waals surface area contributed by atoms with E-state index in [2.05, 4.69) is 16.4 Å². The molecule has 3 rings (SSSR count). The molecule has 0 saturated heterocycles. The summed E-state index contributed by atoms with van der Waals surface area (Å²) in [5, 5.41) is 2.64. The van der Waals surface area contributed by atoms with Crippen LogP contribution in [0.5, 0.6) is 0 Å². The van der Waals surface area contributed by atoms with E-state index in [4.69, 9.17) is 5.73 Å². The average Bonchev–Trinajstić information content (AvgIpc) is 2.75. The van der Waals surface area contributed by atoms with Gasteiger partial charge in [0, 0.05) is 0 Å². The van der Waals surface area contributed by atoms with Crippen molar-refractivity contribution in [1.82, 2.24) is 5.32 Å². The fourth-order valence-corrected chi connectivity index (χ4v) is 2.90. The molecule has 2 aromatic rings. The van der Waals surface area contributed by atoms with Gasteiger partial charge < -0.3 is 5.73 Å². The molecule has 0 radical (unpaired) electrons. The number of carbonyl (C=O) groups excluding carboxylic acids is 1. The lowest BCUT2D eigenvalue weighted by Gasteiger charge is -2.26. The van der Waals surface area contributed by atoms with Gasteiger partial charge in [-0.2, -0.15) is 0 Å². The van der Waals surface area contributed by atoms with Crippen LogP contribution < -0.4 is 11.1 Å². The van der Waals surface area contributed by atoms with Gasteiger partial charge in [-0.25, -0.2) is 4.99 Å². The minimum Gasteiger partial charge on any atom is -0.370 e. The van der Waals surface area contributed by atoms with Crippen molar-refractivity contribution in [3.8, 4) is 0 Å². The molecule has 1 heterocycles. The number of nitrogens with one attached hydrogen (secondary N) is 1. The molecule has 4 nitrogen and oxygen atoms in total. The third kappa shape index (κ3) is 2.00. The first-order valence-corrected chi connectivity index (χ1v) is 6.84. The molecule has 2 aromatic carbocycles. The zero-order chi connectivity index (χ0) is 15.0. The predicted octanol–water partition coefficient (Wildman–Crippen LogP) is 1.99. The number of aryl methyl sites for hydroxylation is 2. The molecule has 0 saturated carbocycles. The normalized spacial score (nSPS) is 21.0. The smallest absolute Gasteiger partial charge is 0.263 e. The maximum Gasteiger partial charge on any atom is 0.263 e. The van der Waals surface area contributed by atoms with Crippen LogP contribution in [0.4, 0.5) is 0 Å². The Morgan fingerprint density at radius 3 is 2.38 bits per heavy atom. The molecule has 1 aliphatic heterocycles. The van der Waals surface area contributed by atoms with Crippen LogP contribution in [0.15, 0.2) is 53.5 Å². The summed E-state index contributed by atoms with van der Waals surface area (Å²) in [5.74, 6) is -0.0537. The van der Waals surface area contributed by atoms with Gasteiger partial charge in [0.05, 0.1) is 0 Å². The highest BCUT2D eigenvalue weighted by Crippen LogP contribution is 2.38. The average molecular weight is 279 g/mol. The standard InChI is InChI=1S/C17H17N3O/c1-11-8-9-14(12(2)10-11)17(13-6-4-3-5-7-13)15(21)19-16(18)20-17/h3-10H,1-2H3,(H3,18,19,20,21). The molecular formula is C17H17N3O. The summed E-state index contributed by atoms with van der Waals surface area (Å²) >= 11 is 0. The maximum atomic E-state index is 12.6. The van der Waals surface area contributed by atoms with E-state index in [1.807, 2.05) is 56.3 Å². The van der Waals surface area contributed by atoms with Crippen molar-refractivity contribution < 1.29 is 4.79 Å². The fourth-order valence-electron chi connectivity index (χ4n) is 2.90. The number of rotatable bonds is 2. The van der Waals surface area contributed by atoms with Gasteiger partial charge in [-0.05, 0) is 30.5 Å². The molecule has 0 aromatic heterocycles. The Kier molecular flexibility index (Phi) is 3.01. The summed E-state index contributed by atoms with van der Waals surface area (Å²) in [5.41, 5.74) is 8.52. The summed E-state index contributed by atoms with van der Waals surface area (Å²) < 4.78 is 0. The molecule has 0 spiro atoms. The van der Waals surface area contributed by atoms with Crippen molar-refractivity contribution in [2.75, 3.05) is 0 Å². The number of guanidine groups is 1. The number of hydrogen-bond acceptors (Lipinski definition) is 3. The molecule has 1 atom stereocenters. The topological polar surface area (TPSA) is 67.5 Å². The summed E-state index contributed by atoms with van der Waals surface area (Å²) in [6.45, 7) is 4.02. The van der Waals surface area contributed by atoms with Crippen LogP contribution in [0.25, 0.3) is 0 Å². The molecule has 1 unspecified atom stereocenters. The van der Waals surface area contributed by atoms with Crippen LogP contribution in [-0.4, -0.2) is 11.9 Å². The highest BCUT2D eigenvalue weighted by Gasteiger charge is 2.47. The second kappa shape index (κ2) is 4.74. The number of amides is 1. The number of carbonyl (C=O) groups is 1. The van der Waals surface area contributed by atoms with E-state index < -0.39 is 5.54 Å². The molecule has 106 valence electrons. The predicted molar refractivity (Wildman–Crippen MR) is 82.9 cm³/mol. The van der Waals surface area contributed by atoms with Crippen LogP contribution >= 0.6 is 0 Å². The Hall–Kier alpha value is -2.62. The largest absolute Gasteiger partial charge is 0.370 e. The zero-order valence-corrected chi connectivity index (χ0v) is 12.1. The van der Waals surface area contributed by atoms with Crippen LogP contribution in [0, 0.1) is 13.8 Å². The van der Waals surface area contributed by atoms with Gasteiger partial charge in [0.15, 0.2) is 11.5 Å². The quantitative estimate of drug-likeness (QED) is 0.882. The second-order valence-corrected chi connectivity index (χ2v) is 5.35. The second-order valence-electron chi connectivity index (χ2n) is 5.35. The molecule has 1 amide bonds. The number of nitrogens with zero attached hydrogens (tertiary/aromatic N) is 1. The van der Waals surface area contributed by atoms with Crippen molar-refractivity contribution in [3.05, 3.63) is 70.8 Å². The van der Waals surface area contributed by atoms with E-state index in [0.717, 1.165) is 22.3 Å². The first-order chi connectivity index (χ1) is 10.0. The maximum absolute atomic E-state index is 12.6. The van der Waals surface area contributed by atoms with Gasteiger partial charge in [0.2, 0.25) is 0 Å². The lowest BCUT2D eigenvalue weighted by molar-refractivity contribution is -0.122. The van der Waals surface area contributed by atoms with Gasteiger partial charge >= 0.3 is 0 Å². The SMILES string of the molecule is Cc1ccc(C2(c3ccccc3)N=C(N)NC2=O)c(C)c1. The number of aliphatic imine (C=N–C) groups is 1. The van der Waals surface area contributed by atoms with Gasteiger partial charge in [-0.15, -0.1) is 0 Å². The van der Waals surface area contributed by atoms with Gasteiger partial charge in [0.25, 0.3) is 5.91 Å². The van der Waals surface area contributed by atoms with E-state index in [9.17, 15) is 4.79 Å². The molecular weight excluding hydrogens is 262 g/mol. The van der Waals surface area contributed by atoms with Gasteiger partial charge in [0.1, 0.15) is 0 Å². The fraction of sp³-hybridized carbons (Fsp3) is 0.176. The van der Waals surface area contributed by atoms with E-state index in [1.54, 1.807) is 0 Å². The monoisotopic (exact) mass is 279 g/mol. The minimum atomic E-state index is -1.09. The molecule has 4 heteroatoms. The highest BCUT2D eigenvalue weighted by molar-refractivity contribution is 6.09. The van der Waals surface area contributed by atoms with Crippen LogP contribution in [-0.2, 0) is 10.3 Å². The van der Waals surface area contributed by atoms with E-state index in [-0.39, 0.29) is 11.9 Å². The Labute approximate surface area is 123 Å². The molecule has 0 bridgehead atoms. The van der Waals surface area contributed by atoms with Crippen molar-refractivity contribution >= 4 is 11.9 Å². The first kappa shape index (κ1) is 13.4. The van der Waals surface area contributed by atoms with Crippen LogP contribution in [0.2, 0.25) is 0 Å². The Morgan fingerprint density at radius 1 is 1.10 bits per heavy atom. The Bertz CT molecular complexity index is 737. The van der Waals surface area contributed by atoms with E-state index in [0.29, 0.717) is 0 Å². The summed E-state index contributed by atoms with van der Waals surface area (Å²) in [7, 11) is 0. The van der Waals surface area contributed by atoms with Crippen molar-refractivity contribution in [2.24, 2.45) is 10.7 Å². The van der Waals surface area contributed by atoms with Crippen molar-refractivity contribution in [3.63, 3.8) is 0 Å². The first-order valence-electron chi connectivity index (χ1n) is 6.84. The number of hydrogen-bond donors (Lipinski definition) is 2. The van der Waals surface area contributed by atoms with Crippen molar-refractivity contribution in [1.29, 1.82) is 0 Å². The minimum absolute atomic E-state index is 0.156.